The zero-order valence-electron chi connectivity index (χ0n) is 22.9. The van der Waals surface area contributed by atoms with E-state index in [9.17, 15) is 13.2 Å². The second-order valence-electron chi connectivity index (χ2n) is 10.0. The van der Waals surface area contributed by atoms with E-state index < -0.39 is 9.84 Å². The molecule has 198 valence electrons. The summed E-state index contributed by atoms with van der Waals surface area (Å²) >= 11 is 0. The minimum absolute atomic E-state index is 0.199. The molecule has 3 rings (SSSR count). The number of nitrogens with one attached hydrogen (secondary N) is 1. The zero-order valence-corrected chi connectivity index (χ0v) is 23.8. The van der Waals surface area contributed by atoms with Crippen LogP contribution < -0.4 is 5.32 Å². The van der Waals surface area contributed by atoms with Crippen molar-refractivity contribution in [2.75, 3.05) is 11.6 Å². The summed E-state index contributed by atoms with van der Waals surface area (Å²) in [5.74, 6) is 0.199. The highest BCUT2D eigenvalue weighted by molar-refractivity contribution is 7.91. The van der Waals surface area contributed by atoms with Crippen molar-refractivity contribution in [2.24, 2.45) is 0 Å². The second kappa shape index (κ2) is 13.0. The molecule has 0 aliphatic heterocycles. The third kappa shape index (κ3) is 7.54. The lowest BCUT2D eigenvalue weighted by Crippen LogP contribution is -2.22. The summed E-state index contributed by atoms with van der Waals surface area (Å²) in [5, 5.41) is 3.24. The molecule has 0 aromatic heterocycles. The molecule has 0 saturated carbocycles. The van der Waals surface area contributed by atoms with Crippen LogP contribution in [-0.4, -0.2) is 25.7 Å². The third-order valence-electron chi connectivity index (χ3n) is 7.07. The smallest absolute Gasteiger partial charge is 0.162 e. The molecular formula is C32H41NO3S. The fourth-order valence-corrected chi connectivity index (χ4v) is 5.90. The first kappa shape index (κ1) is 28.6. The van der Waals surface area contributed by atoms with Crippen LogP contribution in [0.1, 0.15) is 79.9 Å². The van der Waals surface area contributed by atoms with Gasteiger partial charge in [0.15, 0.2) is 15.6 Å². The average Bonchev–Trinajstić information content (AvgIpc) is 2.88. The van der Waals surface area contributed by atoms with E-state index in [1.165, 1.54) is 11.8 Å². The Morgan fingerprint density at radius 2 is 1.68 bits per heavy atom. The highest BCUT2D eigenvalue weighted by Gasteiger charge is 2.21. The topological polar surface area (TPSA) is 63.2 Å². The van der Waals surface area contributed by atoms with Gasteiger partial charge in [-0.2, -0.15) is 0 Å². The minimum Gasteiger partial charge on any atom is -0.355 e. The summed E-state index contributed by atoms with van der Waals surface area (Å²) in [5.41, 5.74) is 8.41. The highest BCUT2D eigenvalue weighted by Crippen LogP contribution is 2.31. The van der Waals surface area contributed by atoms with E-state index in [0.29, 0.717) is 19.3 Å². The summed E-state index contributed by atoms with van der Waals surface area (Å²) in [4.78, 5) is 12.4. The fourth-order valence-electron chi connectivity index (χ4n) is 4.82. The van der Waals surface area contributed by atoms with Gasteiger partial charge >= 0.3 is 0 Å². The molecule has 4 nitrogen and oxygen atoms in total. The standard InChI is InChI=1S/C32H41NO3S/c1-6-9-14-32(34)25-18-16-24(17-19-25)30-22-27(20-15-23(30)4)33-31-13-10-12-26(29(31)11-7-2)21-28(8-3)37(5,35)36/h10,12-13,15-20,22,28,33H,6-9,11,14,21H2,1-5H3. The van der Waals surface area contributed by atoms with E-state index in [1.54, 1.807) is 0 Å². The molecule has 0 aliphatic carbocycles. The van der Waals surface area contributed by atoms with Crippen LogP contribution in [0.15, 0.2) is 60.7 Å². The maximum Gasteiger partial charge on any atom is 0.162 e. The quantitative estimate of drug-likeness (QED) is 0.232. The summed E-state index contributed by atoms with van der Waals surface area (Å²) in [6.07, 6.45) is 6.86. The highest BCUT2D eigenvalue weighted by atomic mass is 32.2. The van der Waals surface area contributed by atoms with Gasteiger partial charge in [0, 0.05) is 29.6 Å². The monoisotopic (exact) mass is 519 g/mol. The Morgan fingerprint density at radius 3 is 2.30 bits per heavy atom. The molecule has 0 radical (unpaired) electrons. The fraction of sp³-hybridized carbons (Fsp3) is 0.406. The number of Topliss-reactive ketones (excluding diaryl/α,β-unsaturated/α-hetero) is 1. The van der Waals surface area contributed by atoms with E-state index in [1.807, 2.05) is 37.3 Å². The van der Waals surface area contributed by atoms with E-state index in [4.69, 9.17) is 0 Å². The Labute approximate surface area is 223 Å². The minimum atomic E-state index is -3.11. The first-order chi connectivity index (χ1) is 17.7. The summed E-state index contributed by atoms with van der Waals surface area (Å²) < 4.78 is 24.6. The maximum absolute atomic E-state index is 12.4. The molecule has 0 bridgehead atoms. The second-order valence-corrected chi connectivity index (χ2v) is 12.3. The van der Waals surface area contributed by atoms with Crippen LogP contribution in [0.4, 0.5) is 11.4 Å². The van der Waals surface area contributed by atoms with Crippen molar-refractivity contribution in [3.8, 4) is 11.1 Å². The van der Waals surface area contributed by atoms with Crippen molar-refractivity contribution in [2.45, 2.75) is 77.9 Å². The number of carbonyl (C=O) groups excluding carboxylic acids is 1. The molecule has 0 heterocycles. The summed E-state index contributed by atoms with van der Waals surface area (Å²) in [6.45, 7) is 8.28. The SMILES string of the molecule is CCCCC(=O)c1ccc(-c2cc(Nc3cccc(CC(CC)S(C)(=O)=O)c3CCC)ccc2C)cc1. The maximum atomic E-state index is 12.4. The van der Waals surface area contributed by atoms with Crippen molar-refractivity contribution in [1.82, 2.24) is 0 Å². The Hall–Kier alpha value is -2.92. The lowest BCUT2D eigenvalue weighted by molar-refractivity contribution is 0.0980. The van der Waals surface area contributed by atoms with Gasteiger partial charge in [-0.15, -0.1) is 0 Å². The van der Waals surface area contributed by atoms with Gasteiger partial charge in [-0.05, 0) is 78.6 Å². The van der Waals surface area contributed by atoms with Gasteiger partial charge in [0.1, 0.15) is 0 Å². The molecule has 0 fully saturated rings. The third-order valence-corrected chi connectivity index (χ3v) is 8.78. The van der Waals surface area contributed by atoms with Gasteiger partial charge < -0.3 is 5.32 Å². The molecule has 0 aliphatic rings. The molecule has 0 amide bonds. The number of hydrogen-bond acceptors (Lipinski definition) is 4. The van der Waals surface area contributed by atoms with Crippen LogP contribution in [0, 0.1) is 6.92 Å². The van der Waals surface area contributed by atoms with Crippen LogP contribution in [0.25, 0.3) is 11.1 Å². The number of hydrogen-bond donors (Lipinski definition) is 1. The van der Waals surface area contributed by atoms with Crippen LogP contribution in [0.3, 0.4) is 0 Å². The molecule has 1 atom stereocenters. The Bertz CT molecular complexity index is 1310. The summed E-state index contributed by atoms with van der Waals surface area (Å²) in [7, 11) is -3.11. The number of ketones is 1. The van der Waals surface area contributed by atoms with Crippen molar-refractivity contribution in [3.63, 3.8) is 0 Å². The molecule has 1 N–H and O–H groups in total. The van der Waals surface area contributed by atoms with Crippen molar-refractivity contribution in [1.29, 1.82) is 0 Å². The Balaban J connectivity index is 1.90. The Morgan fingerprint density at radius 1 is 0.946 bits per heavy atom. The van der Waals surface area contributed by atoms with Gasteiger partial charge in [-0.1, -0.05) is 76.1 Å². The van der Waals surface area contributed by atoms with Gasteiger partial charge in [0.25, 0.3) is 0 Å². The number of aryl methyl sites for hydroxylation is 1. The van der Waals surface area contributed by atoms with Crippen LogP contribution in [0.5, 0.6) is 0 Å². The first-order valence-electron chi connectivity index (χ1n) is 13.5. The average molecular weight is 520 g/mol. The van der Waals surface area contributed by atoms with E-state index >= 15 is 0 Å². The van der Waals surface area contributed by atoms with Gasteiger partial charge in [0.05, 0.1) is 5.25 Å². The van der Waals surface area contributed by atoms with E-state index in [-0.39, 0.29) is 11.0 Å². The lowest BCUT2D eigenvalue weighted by Gasteiger charge is -2.20. The van der Waals surface area contributed by atoms with Crippen LogP contribution >= 0.6 is 0 Å². The van der Waals surface area contributed by atoms with Gasteiger partial charge in [-0.3, -0.25) is 4.79 Å². The summed E-state index contributed by atoms with van der Waals surface area (Å²) in [6, 6.07) is 20.4. The van der Waals surface area contributed by atoms with Crippen LogP contribution in [0.2, 0.25) is 0 Å². The molecule has 37 heavy (non-hydrogen) atoms. The molecule has 3 aromatic rings. The first-order valence-corrected chi connectivity index (χ1v) is 15.4. The van der Waals surface area contributed by atoms with Crippen molar-refractivity contribution < 1.29 is 13.2 Å². The van der Waals surface area contributed by atoms with E-state index in [2.05, 4.69) is 56.4 Å². The normalized spacial score (nSPS) is 12.4. The predicted octanol–water partition coefficient (Wildman–Crippen LogP) is 8.10. The van der Waals surface area contributed by atoms with E-state index in [0.717, 1.165) is 64.9 Å². The zero-order chi connectivity index (χ0) is 27.0. The number of anilines is 2. The van der Waals surface area contributed by atoms with Crippen molar-refractivity contribution >= 4 is 27.0 Å². The number of carbonyl (C=O) groups is 1. The number of rotatable bonds is 13. The molecule has 1 unspecified atom stereocenters. The predicted molar refractivity (Wildman–Crippen MR) is 157 cm³/mol. The number of benzene rings is 3. The van der Waals surface area contributed by atoms with Gasteiger partial charge in [-0.25, -0.2) is 8.42 Å². The van der Waals surface area contributed by atoms with Crippen LogP contribution in [-0.2, 0) is 22.7 Å². The Kier molecular flexibility index (Phi) is 10.1. The molecule has 3 aromatic carbocycles. The lowest BCUT2D eigenvalue weighted by atomic mass is 9.95. The molecular weight excluding hydrogens is 478 g/mol. The number of unbranched alkanes of at least 4 members (excludes halogenated alkanes) is 1. The van der Waals surface area contributed by atoms with Gasteiger partial charge in [0.2, 0.25) is 0 Å². The largest absolute Gasteiger partial charge is 0.355 e. The number of sulfone groups is 1. The molecule has 5 heteroatoms. The van der Waals surface area contributed by atoms with Crippen molar-refractivity contribution in [3.05, 3.63) is 82.9 Å². The molecule has 0 spiro atoms. The molecule has 0 saturated heterocycles.